The largest absolute Gasteiger partial charge is 0.490 e. The Kier molecular flexibility index (Phi) is 13.0. The van der Waals surface area contributed by atoms with Crippen molar-refractivity contribution in [3.63, 3.8) is 0 Å². The molecular weight excluding hydrogens is 736 g/mol. The predicted octanol–water partition coefficient (Wildman–Crippen LogP) is 3.87. The van der Waals surface area contributed by atoms with Gasteiger partial charge in [-0.2, -0.15) is 0 Å². The van der Waals surface area contributed by atoms with E-state index in [4.69, 9.17) is 26.2 Å². The summed E-state index contributed by atoms with van der Waals surface area (Å²) in [6, 6.07) is 15.5. The lowest BCUT2D eigenvalue weighted by atomic mass is 9.94. The van der Waals surface area contributed by atoms with Crippen molar-refractivity contribution in [2.45, 2.75) is 113 Å². The number of aliphatic hydroxyl groups excluding tert-OH is 5. The second kappa shape index (κ2) is 17.3. The van der Waals surface area contributed by atoms with Gasteiger partial charge in [0.1, 0.15) is 33.9 Å². The number of ether oxygens (including phenoxy) is 2. The molecular formula is C40H51ClN2O10S. The molecule has 0 spiro atoms. The van der Waals surface area contributed by atoms with Crippen molar-refractivity contribution in [1.29, 1.82) is 0 Å². The summed E-state index contributed by atoms with van der Waals surface area (Å²) in [4.78, 5) is 19.3. The molecule has 0 radical (unpaired) electrons. The molecule has 12 nitrogen and oxygen atoms in total. The highest BCUT2D eigenvalue weighted by Crippen LogP contribution is 2.53. The van der Waals surface area contributed by atoms with E-state index in [2.05, 4.69) is 18.0 Å². The lowest BCUT2D eigenvalue weighted by molar-refractivity contribution is -0.160. The molecule has 1 saturated heterocycles. The fraction of sp³-hybridized carbons (Fsp3) is 0.550. The van der Waals surface area contributed by atoms with E-state index in [0.29, 0.717) is 17.9 Å². The third-order valence-electron chi connectivity index (χ3n) is 10.9. The number of benzene rings is 2. The number of carbonyl (C=O) groups excluding carboxylic acids is 1. The van der Waals surface area contributed by atoms with Crippen molar-refractivity contribution < 1.29 is 48.2 Å². The molecule has 2 aliphatic carbocycles. The Labute approximate surface area is 321 Å². The van der Waals surface area contributed by atoms with Crippen LogP contribution < -0.4 is 4.74 Å². The molecule has 5 atom stereocenters. The van der Waals surface area contributed by atoms with Crippen LogP contribution in [0.4, 0.5) is 0 Å². The van der Waals surface area contributed by atoms with Crippen LogP contribution >= 0.6 is 11.6 Å². The van der Waals surface area contributed by atoms with Crippen LogP contribution in [0.1, 0.15) is 80.9 Å². The standard InChI is InChI=1S/C40H51ClN2O10S/c1-25(5-4-18-43(28-13-19-54(50,51)20-14-28)39(49)38(48)37(47)36(46)34(45)23-44)26-8-11-33(41)27(21-26)24-52-40(15-16-40)32-22-42-17-12-30(32)31-6-2-3-7-35(31)53-29-9-10-29/h2-3,6-8,11-12,17,21-22,25,28-29,34,36-38,44-48H,4-5,9-10,13-16,18-20,23-24H2,1H3. The maximum absolute atomic E-state index is 13.5. The first-order valence-corrected chi connectivity index (χ1v) is 21.0. The molecule has 2 heterocycles. The highest BCUT2D eigenvalue weighted by molar-refractivity contribution is 7.91. The van der Waals surface area contributed by atoms with E-state index in [0.717, 1.165) is 59.3 Å². The number of rotatable bonds is 18. The van der Waals surface area contributed by atoms with Gasteiger partial charge in [-0.05, 0) is 92.2 Å². The number of sulfone groups is 1. The summed E-state index contributed by atoms with van der Waals surface area (Å²) >= 11 is 6.70. The van der Waals surface area contributed by atoms with E-state index < -0.39 is 58.4 Å². The van der Waals surface area contributed by atoms with Crippen molar-refractivity contribution in [2.75, 3.05) is 24.7 Å². The van der Waals surface area contributed by atoms with Crippen LogP contribution in [0, 0.1) is 0 Å². The monoisotopic (exact) mass is 786 g/mol. The average molecular weight is 787 g/mol. The van der Waals surface area contributed by atoms with Crippen molar-refractivity contribution in [3.05, 3.63) is 82.6 Å². The Morgan fingerprint density at radius 2 is 1.72 bits per heavy atom. The highest BCUT2D eigenvalue weighted by Gasteiger charge is 2.48. The Morgan fingerprint density at radius 3 is 2.41 bits per heavy atom. The molecule has 2 aromatic carbocycles. The van der Waals surface area contributed by atoms with Crippen LogP contribution in [0.2, 0.25) is 5.02 Å². The second-order valence-electron chi connectivity index (χ2n) is 15.0. The summed E-state index contributed by atoms with van der Waals surface area (Å²) < 4.78 is 37.2. The number of pyridine rings is 1. The van der Waals surface area contributed by atoms with Gasteiger partial charge in [0.15, 0.2) is 6.10 Å². The number of halogens is 1. The summed E-state index contributed by atoms with van der Waals surface area (Å²) in [5.74, 6) is -0.200. The average Bonchev–Trinajstić information content (AvgIpc) is 4.13. The van der Waals surface area contributed by atoms with Gasteiger partial charge in [-0.15, -0.1) is 0 Å². The minimum Gasteiger partial charge on any atom is -0.490 e. The van der Waals surface area contributed by atoms with Gasteiger partial charge in [-0.25, -0.2) is 8.42 Å². The van der Waals surface area contributed by atoms with Crippen molar-refractivity contribution >= 4 is 27.3 Å². The maximum atomic E-state index is 13.5. The number of aromatic nitrogens is 1. The van der Waals surface area contributed by atoms with E-state index in [-0.39, 0.29) is 49.5 Å². The quantitative estimate of drug-likeness (QED) is 0.126. The Balaban J connectivity index is 1.11. The zero-order chi connectivity index (χ0) is 38.6. The molecule has 5 unspecified atom stereocenters. The summed E-state index contributed by atoms with van der Waals surface area (Å²) in [5, 5.41) is 50.7. The first-order chi connectivity index (χ1) is 25.8. The fourth-order valence-corrected chi connectivity index (χ4v) is 8.86. The molecule has 2 saturated carbocycles. The van der Waals surface area contributed by atoms with Gasteiger partial charge in [-0.1, -0.05) is 48.9 Å². The number of amides is 1. The first kappa shape index (κ1) is 40.5. The minimum atomic E-state index is -3.24. The summed E-state index contributed by atoms with van der Waals surface area (Å²) in [6.07, 6.45) is 1.38. The molecule has 6 rings (SSSR count). The van der Waals surface area contributed by atoms with Crippen LogP contribution in [0.25, 0.3) is 11.1 Å². The van der Waals surface area contributed by atoms with E-state index in [1.54, 1.807) is 6.20 Å². The van der Waals surface area contributed by atoms with E-state index in [9.17, 15) is 33.6 Å². The minimum absolute atomic E-state index is 0.0320. The molecule has 14 heteroatoms. The van der Waals surface area contributed by atoms with Gasteiger partial charge >= 0.3 is 0 Å². The molecule has 3 fully saturated rings. The molecule has 1 aliphatic heterocycles. The van der Waals surface area contributed by atoms with E-state index in [1.807, 2.05) is 48.7 Å². The normalized spacial score (nSPS) is 20.7. The lowest BCUT2D eigenvalue weighted by Crippen LogP contribution is -2.55. The third-order valence-corrected chi connectivity index (χ3v) is 13.0. The van der Waals surface area contributed by atoms with Gasteiger partial charge in [0.2, 0.25) is 0 Å². The number of hydrogen-bond acceptors (Lipinski definition) is 11. The highest BCUT2D eigenvalue weighted by atomic mass is 35.5. The van der Waals surface area contributed by atoms with Crippen molar-refractivity contribution in [2.24, 2.45) is 0 Å². The van der Waals surface area contributed by atoms with Crippen LogP contribution in [0.15, 0.2) is 60.9 Å². The molecule has 1 amide bonds. The SMILES string of the molecule is CC(CCCN(C(=O)C(O)C(O)C(O)C(O)CO)C1CCS(=O)(=O)CC1)c1ccc(Cl)c(COC2(c3cnccc3-c3ccccc3OC3CC3)CC2)c1. The van der Waals surface area contributed by atoms with Crippen molar-refractivity contribution in [3.8, 4) is 16.9 Å². The smallest absolute Gasteiger partial charge is 0.254 e. The van der Waals surface area contributed by atoms with Gasteiger partial charge in [0.05, 0.1) is 36.4 Å². The van der Waals surface area contributed by atoms with Crippen LogP contribution in [-0.4, -0.2) is 111 Å². The molecule has 54 heavy (non-hydrogen) atoms. The van der Waals surface area contributed by atoms with Crippen LogP contribution in [0.5, 0.6) is 5.75 Å². The molecule has 3 aromatic rings. The van der Waals surface area contributed by atoms with Crippen molar-refractivity contribution in [1.82, 2.24) is 9.88 Å². The Bertz CT molecular complexity index is 1860. The van der Waals surface area contributed by atoms with Gasteiger partial charge < -0.3 is 39.9 Å². The van der Waals surface area contributed by atoms with Gasteiger partial charge in [0.25, 0.3) is 5.91 Å². The second-order valence-corrected chi connectivity index (χ2v) is 17.7. The number of para-hydroxylation sites is 1. The fourth-order valence-electron chi connectivity index (χ4n) is 7.22. The molecule has 1 aromatic heterocycles. The predicted molar refractivity (Wildman–Crippen MR) is 203 cm³/mol. The summed E-state index contributed by atoms with van der Waals surface area (Å²) in [5.41, 5.74) is 4.44. The van der Waals surface area contributed by atoms with E-state index in [1.165, 1.54) is 4.90 Å². The first-order valence-electron chi connectivity index (χ1n) is 18.8. The molecule has 5 N–H and O–H groups in total. The third kappa shape index (κ3) is 9.62. The maximum Gasteiger partial charge on any atom is 0.254 e. The topological polar surface area (TPSA) is 187 Å². The Morgan fingerprint density at radius 1 is 1.00 bits per heavy atom. The lowest BCUT2D eigenvalue weighted by Gasteiger charge is -2.37. The van der Waals surface area contributed by atoms with E-state index >= 15 is 0 Å². The summed E-state index contributed by atoms with van der Waals surface area (Å²) in [6.45, 7) is 1.64. The van der Waals surface area contributed by atoms with Gasteiger partial charge in [0, 0.05) is 41.1 Å². The van der Waals surface area contributed by atoms with Crippen LogP contribution in [-0.2, 0) is 31.6 Å². The summed E-state index contributed by atoms with van der Waals surface area (Å²) in [7, 11) is -3.24. The molecule has 0 bridgehead atoms. The number of hydrogen-bond donors (Lipinski definition) is 5. The number of aliphatic hydroxyl groups is 5. The number of carbonyl (C=O) groups is 1. The zero-order valence-corrected chi connectivity index (χ0v) is 32.0. The molecule has 294 valence electrons. The number of nitrogens with zero attached hydrogens (tertiary/aromatic N) is 2. The Hall–Kier alpha value is -3.14. The zero-order valence-electron chi connectivity index (χ0n) is 30.5. The van der Waals surface area contributed by atoms with Gasteiger partial charge in [-0.3, -0.25) is 9.78 Å². The van der Waals surface area contributed by atoms with Crippen LogP contribution in [0.3, 0.4) is 0 Å². The molecule has 3 aliphatic rings.